The first kappa shape index (κ1) is 20.2. The van der Waals surface area contributed by atoms with Crippen LogP contribution in [0.15, 0.2) is 24.4 Å². The lowest BCUT2D eigenvalue weighted by Gasteiger charge is -2.32. The van der Waals surface area contributed by atoms with E-state index in [0.29, 0.717) is 31.5 Å². The predicted octanol–water partition coefficient (Wildman–Crippen LogP) is 1.26. The average molecular weight is 407 g/mol. The zero-order chi connectivity index (χ0) is 20.5. The van der Waals surface area contributed by atoms with Gasteiger partial charge in [0.2, 0.25) is 16.0 Å². The number of hydrogen-bond acceptors (Lipinski definition) is 7. The Balaban J connectivity index is 1.98. The van der Waals surface area contributed by atoms with Gasteiger partial charge in [0.1, 0.15) is 11.6 Å². The molecule has 1 fully saturated rings. The molecule has 10 heteroatoms. The molecule has 8 nitrogen and oxygen atoms in total. The fourth-order valence-corrected chi connectivity index (χ4v) is 4.41. The fourth-order valence-electron chi connectivity index (χ4n) is 3.27. The van der Waals surface area contributed by atoms with Gasteiger partial charge in [-0.3, -0.25) is 4.79 Å². The SMILES string of the molecule is Cc1ccc(F)cc1C(=O)c1cnc(N(C2CCNCC2)S(C)(=O)=O)nc1N. The summed E-state index contributed by atoms with van der Waals surface area (Å²) in [4.78, 5) is 20.9. The first-order chi connectivity index (χ1) is 13.2. The van der Waals surface area contributed by atoms with Crippen molar-refractivity contribution in [3.05, 3.63) is 46.9 Å². The number of piperidine rings is 1. The minimum atomic E-state index is -3.64. The standard InChI is InChI=1S/C18H22FN5O3S/c1-11-3-4-12(19)9-14(11)16(25)15-10-22-18(23-17(15)20)24(28(2,26)27)13-5-7-21-8-6-13/h3-4,9-10,13,21H,5-8H2,1-2H3,(H2,20,22,23). The van der Waals surface area contributed by atoms with Crippen molar-refractivity contribution >= 4 is 27.6 Å². The van der Waals surface area contributed by atoms with Crippen LogP contribution in [0.5, 0.6) is 0 Å². The molecule has 150 valence electrons. The van der Waals surface area contributed by atoms with E-state index in [2.05, 4.69) is 15.3 Å². The van der Waals surface area contributed by atoms with Crippen molar-refractivity contribution in [1.29, 1.82) is 0 Å². The molecule has 0 amide bonds. The Morgan fingerprint density at radius 1 is 1.29 bits per heavy atom. The molecule has 1 saturated heterocycles. The van der Waals surface area contributed by atoms with E-state index in [1.54, 1.807) is 6.92 Å². The zero-order valence-corrected chi connectivity index (χ0v) is 16.5. The van der Waals surface area contributed by atoms with Gasteiger partial charge < -0.3 is 11.1 Å². The highest BCUT2D eigenvalue weighted by molar-refractivity contribution is 7.92. The van der Waals surface area contributed by atoms with E-state index >= 15 is 0 Å². The number of nitrogen functional groups attached to an aromatic ring is 1. The van der Waals surface area contributed by atoms with Gasteiger partial charge in [-0.15, -0.1) is 0 Å². The van der Waals surface area contributed by atoms with Gasteiger partial charge in [0.05, 0.1) is 17.9 Å². The van der Waals surface area contributed by atoms with Crippen LogP contribution in [0.2, 0.25) is 0 Å². The average Bonchev–Trinajstić information content (AvgIpc) is 2.63. The number of ketones is 1. The number of aryl methyl sites for hydroxylation is 1. The van der Waals surface area contributed by atoms with Crippen molar-refractivity contribution in [3.8, 4) is 0 Å². The molecule has 1 aromatic carbocycles. The number of benzene rings is 1. The Labute approximate surface area is 163 Å². The van der Waals surface area contributed by atoms with E-state index in [9.17, 15) is 17.6 Å². The Hall–Kier alpha value is -2.59. The van der Waals surface area contributed by atoms with Crippen molar-refractivity contribution in [2.24, 2.45) is 0 Å². The van der Waals surface area contributed by atoms with Gasteiger partial charge in [0.25, 0.3) is 0 Å². The summed E-state index contributed by atoms with van der Waals surface area (Å²) in [5.41, 5.74) is 6.69. The van der Waals surface area contributed by atoms with E-state index in [4.69, 9.17) is 5.73 Å². The van der Waals surface area contributed by atoms with Crippen LogP contribution >= 0.6 is 0 Å². The lowest BCUT2D eigenvalue weighted by Crippen LogP contribution is -2.46. The lowest BCUT2D eigenvalue weighted by molar-refractivity contribution is 0.103. The van der Waals surface area contributed by atoms with E-state index in [0.717, 1.165) is 16.6 Å². The van der Waals surface area contributed by atoms with E-state index in [1.165, 1.54) is 18.3 Å². The Morgan fingerprint density at radius 2 is 1.96 bits per heavy atom. The molecular weight excluding hydrogens is 385 g/mol. The molecule has 0 saturated carbocycles. The Bertz CT molecular complexity index is 1010. The van der Waals surface area contributed by atoms with E-state index in [-0.39, 0.29) is 28.9 Å². The molecule has 3 rings (SSSR count). The molecule has 2 heterocycles. The minimum Gasteiger partial charge on any atom is -0.383 e. The fraction of sp³-hybridized carbons (Fsp3) is 0.389. The van der Waals surface area contributed by atoms with Crippen LogP contribution in [0, 0.1) is 12.7 Å². The Kier molecular flexibility index (Phi) is 5.61. The summed E-state index contributed by atoms with van der Waals surface area (Å²) in [5.74, 6) is -1.28. The van der Waals surface area contributed by atoms with Crippen LogP contribution < -0.4 is 15.4 Å². The first-order valence-electron chi connectivity index (χ1n) is 8.82. The van der Waals surface area contributed by atoms with Crippen LogP contribution in [-0.2, 0) is 10.0 Å². The molecule has 1 aromatic heterocycles. The third-order valence-corrected chi connectivity index (χ3v) is 5.87. The lowest BCUT2D eigenvalue weighted by atomic mass is 10.0. The summed E-state index contributed by atoms with van der Waals surface area (Å²) in [7, 11) is -3.64. The van der Waals surface area contributed by atoms with Crippen LogP contribution in [-0.4, -0.2) is 49.6 Å². The molecule has 3 N–H and O–H groups in total. The predicted molar refractivity (Wildman–Crippen MR) is 104 cm³/mol. The summed E-state index contributed by atoms with van der Waals surface area (Å²) >= 11 is 0. The van der Waals surface area contributed by atoms with E-state index in [1.807, 2.05) is 0 Å². The number of anilines is 2. The second-order valence-electron chi connectivity index (χ2n) is 6.80. The van der Waals surface area contributed by atoms with Crippen LogP contribution in [0.4, 0.5) is 16.2 Å². The number of rotatable bonds is 5. The van der Waals surface area contributed by atoms with Crippen LogP contribution in [0.3, 0.4) is 0 Å². The van der Waals surface area contributed by atoms with Crippen LogP contribution in [0.25, 0.3) is 0 Å². The number of nitrogens with two attached hydrogens (primary N) is 1. The first-order valence-corrected chi connectivity index (χ1v) is 10.7. The number of carbonyl (C=O) groups excluding carboxylic acids is 1. The number of halogens is 1. The molecular formula is C18H22FN5O3S. The zero-order valence-electron chi connectivity index (χ0n) is 15.6. The maximum atomic E-state index is 13.5. The van der Waals surface area contributed by atoms with Gasteiger partial charge in [-0.05, 0) is 50.6 Å². The van der Waals surface area contributed by atoms with Crippen molar-refractivity contribution in [3.63, 3.8) is 0 Å². The number of nitrogens with zero attached hydrogens (tertiary/aromatic N) is 3. The maximum Gasteiger partial charge on any atom is 0.241 e. The molecule has 0 bridgehead atoms. The molecule has 1 aliphatic heterocycles. The van der Waals surface area contributed by atoms with E-state index < -0.39 is 21.6 Å². The van der Waals surface area contributed by atoms with Gasteiger partial charge in [0, 0.05) is 11.8 Å². The quantitative estimate of drug-likeness (QED) is 0.716. The molecule has 0 aliphatic carbocycles. The van der Waals surface area contributed by atoms with Crippen molar-refractivity contribution < 1.29 is 17.6 Å². The largest absolute Gasteiger partial charge is 0.383 e. The summed E-state index contributed by atoms with van der Waals surface area (Å²) in [6.07, 6.45) is 3.51. The topological polar surface area (TPSA) is 118 Å². The molecule has 2 aromatic rings. The summed E-state index contributed by atoms with van der Waals surface area (Å²) in [6, 6.07) is 3.60. The number of aromatic nitrogens is 2. The molecule has 0 radical (unpaired) electrons. The second kappa shape index (κ2) is 7.80. The van der Waals surface area contributed by atoms with Gasteiger partial charge >= 0.3 is 0 Å². The highest BCUT2D eigenvalue weighted by Crippen LogP contribution is 2.25. The third-order valence-electron chi connectivity index (χ3n) is 4.69. The summed E-state index contributed by atoms with van der Waals surface area (Å²) < 4.78 is 39.4. The van der Waals surface area contributed by atoms with Crippen molar-refractivity contribution in [1.82, 2.24) is 15.3 Å². The second-order valence-corrected chi connectivity index (χ2v) is 8.66. The monoisotopic (exact) mass is 407 g/mol. The number of sulfonamides is 1. The number of nitrogens with one attached hydrogen (secondary N) is 1. The molecule has 0 spiro atoms. The summed E-state index contributed by atoms with van der Waals surface area (Å²) in [5, 5.41) is 3.17. The van der Waals surface area contributed by atoms with Crippen LogP contribution in [0.1, 0.15) is 34.3 Å². The van der Waals surface area contributed by atoms with Crippen molar-refractivity contribution in [2.45, 2.75) is 25.8 Å². The highest BCUT2D eigenvalue weighted by Gasteiger charge is 2.31. The molecule has 0 unspecified atom stereocenters. The summed E-state index contributed by atoms with van der Waals surface area (Å²) in [6.45, 7) is 3.05. The molecule has 1 aliphatic rings. The van der Waals surface area contributed by atoms with Gasteiger partial charge in [0.15, 0.2) is 5.78 Å². The number of carbonyl (C=O) groups is 1. The minimum absolute atomic E-state index is 0.00351. The van der Waals surface area contributed by atoms with Gasteiger partial charge in [-0.25, -0.2) is 22.1 Å². The van der Waals surface area contributed by atoms with Crippen molar-refractivity contribution in [2.75, 3.05) is 29.4 Å². The smallest absolute Gasteiger partial charge is 0.241 e. The molecule has 0 atom stereocenters. The third kappa shape index (κ3) is 4.12. The normalized spacial score (nSPS) is 15.4. The number of hydrogen-bond donors (Lipinski definition) is 2. The molecule has 28 heavy (non-hydrogen) atoms. The Morgan fingerprint density at radius 3 is 2.57 bits per heavy atom. The highest BCUT2D eigenvalue weighted by atomic mass is 32.2. The van der Waals surface area contributed by atoms with Gasteiger partial charge in [-0.2, -0.15) is 4.98 Å². The van der Waals surface area contributed by atoms with Gasteiger partial charge in [-0.1, -0.05) is 6.07 Å². The maximum absolute atomic E-state index is 13.5.